The molecule has 3 rings (SSSR count). The maximum absolute atomic E-state index is 12.5. The monoisotopic (exact) mass is 437 g/mol. The van der Waals surface area contributed by atoms with Crippen molar-refractivity contribution in [1.29, 1.82) is 0 Å². The maximum atomic E-state index is 12.5. The van der Waals surface area contributed by atoms with Crippen molar-refractivity contribution in [2.24, 2.45) is 0 Å². The third-order valence-electron chi connectivity index (χ3n) is 4.37. The number of hydrogen-bond donors (Lipinski definition) is 1. The fraction of sp³-hybridized carbons (Fsp3) is 0.316. The maximum Gasteiger partial charge on any atom is 0.321 e. The van der Waals surface area contributed by atoms with Crippen LogP contribution in [0, 0.1) is 0 Å². The molecule has 0 atom stereocenters. The second-order valence-electron chi connectivity index (χ2n) is 6.17. The first-order chi connectivity index (χ1) is 12.5. The quantitative estimate of drug-likeness (QED) is 0.766. The van der Waals surface area contributed by atoms with Gasteiger partial charge in [-0.2, -0.15) is 0 Å². The van der Waals surface area contributed by atoms with Crippen LogP contribution in [0.3, 0.4) is 0 Å². The largest absolute Gasteiger partial charge is 0.497 e. The van der Waals surface area contributed by atoms with E-state index in [9.17, 15) is 4.79 Å². The van der Waals surface area contributed by atoms with Crippen molar-refractivity contribution >= 4 is 39.2 Å². The fourth-order valence-corrected chi connectivity index (χ4v) is 3.64. The van der Waals surface area contributed by atoms with Crippen LogP contribution in [0.1, 0.15) is 5.56 Å². The molecule has 26 heavy (non-hydrogen) atoms. The van der Waals surface area contributed by atoms with Gasteiger partial charge in [-0.15, -0.1) is 0 Å². The number of anilines is 1. The molecule has 1 saturated heterocycles. The number of rotatable bonds is 4. The molecule has 1 aliphatic heterocycles. The Kier molecular flexibility index (Phi) is 6.40. The van der Waals surface area contributed by atoms with Gasteiger partial charge in [-0.3, -0.25) is 4.90 Å². The summed E-state index contributed by atoms with van der Waals surface area (Å²) < 4.78 is 6.15. The van der Waals surface area contributed by atoms with Gasteiger partial charge in [0.25, 0.3) is 0 Å². The molecule has 7 heteroatoms. The molecular formula is C19H21BrClN3O2. The molecule has 138 valence electrons. The smallest absolute Gasteiger partial charge is 0.321 e. The van der Waals surface area contributed by atoms with E-state index in [2.05, 4.69) is 38.3 Å². The summed E-state index contributed by atoms with van der Waals surface area (Å²) in [4.78, 5) is 16.6. The summed E-state index contributed by atoms with van der Waals surface area (Å²) in [6, 6.07) is 13.4. The molecular weight excluding hydrogens is 418 g/mol. The molecule has 0 bridgehead atoms. The van der Waals surface area contributed by atoms with Crippen LogP contribution < -0.4 is 10.1 Å². The molecule has 2 aromatic carbocycles. The Hall–Kier alpha value is -1.76. The van der Waals surface area contributed by atoms with Crippen molar-refractivity contribution < 1.29 is 9.53 Å². The Labute approximate surface area is 167 Å². The first-order valence-corrected chi connectivity index (χ1v) is 9.58. The number of benzene rings is 2. The van der Waals surface area contributed by atoms with Crippen molar-refractivity contribution in [1.82, 2.24) is 9.80 Å². The molecule has 1 aliphatic rings. The number of hydrogen-bond acceptors (Lipinski definition) is 3. The summed E-state index contributed by atoms with van der Waals surface area (Å²) in [5, 5.41) is 3.40. The van der Waals surface area contributed by atoms with Crippen LogP contribution in [0.25, 0.3) is 0 Å². The lowest BCUT2D eigenvalue weighted by Crippen LogP contribution is -2.49. The standard InChI is InChI=1S/C19H21BrClN3O2/c1-26-16-4-2-3-14(11-16)13-23-7-9-24(10-8-23)19(25)22-18-6-5-15(20)12-17(18)21/h2-6,11-12H,7-10,13H2,1H3,(H,22,25). The minimum absolute atomic E-state index is 0.116. The van der Waals surface area contributed by atoms with Crippen LogP contribution in [0.4, 0.5) is 10.5 Å². The lowest BCUT2D eigenvalue weighted by atomic mass is 10.2. The second kappa shape index (κ2) is 8.75. The highest BCUT2D eigenvalue weighted by molar-refractivity contribution is 9.10. The number of nitrogens with one attached hydrogen (secondary N) is 1. The van der Waals surface area contributed by atoms with Gasteiger partial charge in [-0.05, 0) is 35.9 Å². The molecule has 1 fully saturated rings. The Balaban J connectivity index is 1.52. The van der Waals surface area contributed by atoms with Gasteiger partial charge in [0.2, 0.25) is 0 Å². The number of carbonyl (C=O) groups is 1. The van der Waals surface area contributed by atoms with Crippen LogP contribution in [0.15, 0.2) is 46.9 Å². The number of carbonyl (C=O) groups excluding carboxylic acids is 1. The predicted octanol–water partition coefficient (Wildman–Crippen LogP) is 4.46. The van der Waals surface area contributed by atoms with Gasteiger partial charge in [-0.1, -0.05) is 39.7 Å². The summed E-state index contributed by atoms with van der Waals surface area (Å²) in [6.45, 7) is 3.89. The number of halogens is 2. The molecule has 0 saturated carbocycles. The fourth-order valence-electron chi connectivity index (χ4n) is 2.92. The average molecular weight is 439 g/mol. The van der Waals surface area contributed by atoms with Crippen molar-refractivity contribution in [3.8, 4) is 5.75 Å². The zero-order valence-corrected chi connectivity index (χ0v) is 16.9. The highest BCUT2D eigenvalue weighted by Gasteiger charge is 2.21. The van der Waals surface area contributed by atoms with E-state index in [1.54, 1.807) is 19.2 Å². The van der Waals surface area contributed by atoms with E-state index in [0.717, 1.165) is 29.9 Å². The van der Waals surface area contributed by atoms with Crippen molar-refractivity contribution in [2.75, 3.05) is 38.6 Å². The van der Waals surface area contributed by atoms with Crippen LogP contribution in [0.2, 0.25) is 5.02 Å². The first-order valence-electron chi connectivity index (χ1n) is 8.41. The highest BCUT2D eigenvalue weighted by atomic mass is 79.9. The second-order valence-corrected chi connectivity index (χ2v) is 7.49. The summed E-state index contributed by atoms with van der Waals surface area (Å²) in [5.41, 5.74) is 1.84. The van der Waals surface area contributed by atoms with Gasteiger partial charge >= 0.3 is 6.03 Å². The third-order valence-corrected chi connectivity index (χ3v) is 5.18. The molecule has 0 aliphatic carbocycles. The van der Waals surface area contributed by atoms with Gasteiger partial charge in [0.15, 0.2) is 0 Å². The van der Waals surface area contributed by atoms with Crippen LogP contribution in [0.5, 0.6) is 5.75 Å². The van der Waals surface area contributed by atoms with Crippen molar-refractivity contribution in [3.05, 3.63) is 57.5 Å². The SMILES string of the molecule is COc1cccc(CN2CCN(C(=O)Nc3ccc(Br)cc3Cl)CC2)c1. The Bertz CT molecular complexity index is 779. The van der Waals surface area contributed by atoms with E-state index >= 15 is 0 Å². The van der Waals surface area contributed by atoms with Crippen LogP contribution in [-0.2, 0) is 6.54 Å². The molecule has 1 N–H and O–H groups in total. The molecule has 2 aromatic rings. The summed E-state index contributed by atoms with van der Waals surface area (Å²) in [5.74, 6) is 0.867. The number of amides is 2. The normalized spacial score (nSPS) is 15.0. The van der Waals surface area contributed by atoms with Gasteiger partial charge in [0.05, 0.1) is 17.8 Å². The number of methoxy groups -OCH3 is 1. The molecule has 0 radical (unpaired) electrons. The number of piperazine rings is 1. The van der Waals surface area contributed by atoms with E-state index in [-0.39, 0.29) is 6.03 Å². The predicted molar refractivity (Wildman–Crippen MR) is 108 cm³/mol. The van der Waals surface area contributed by atoms with Crippen LogP contribution >= 0.6 is 27.5 Å². The zero-order valence-electron chi connectivity index (χ0n) is 14.5. The molecule has 1 heterocycles. The van der Waals surface area contributed by atoms with Crippen molar-refractivity contribution in [2.45, 2.75) is 6.54 Å². The minimum Gasteiger partial charge on any atom is -0.497 e. The Morgan fingerprint density at radius 3 is 2.65 bits per heavy atom. The summed E-state index contributed by atoms with van der Waals surface area (Å²) in [7, 11) is 1.67. The molecule has 0 unspecified atom stereocenters. The highest BCUT2D eigenvalue weighted by Crippen LogP contribution is 2.26. The van der Waals surface area contributed by atoms with E-state index in [1.807, 2.05) is 23.1 Å². The zero-order chi connectivity index (χ0) is 18.5. The minimum atomic E-state index is -0.116. The summed E-state index contributed by atoms with van der Waals surface area (Å²) >= 11 is 9.53. The van der Waals surface area contributed by atoms with E-state index in [4.69, 9.17) is 16.3 Å². The third kappa shape index (κ3) is 4.90. The lowest BCUT2D eigenvalue weighted by molar-refractivity contribution is 0.143. The average Bonchev–Trinajstić information content (AvgIpc) is 2.64. The van der Waals surface area contributed by atoms with Crippen molar-refractivity contribution in [3.63, 3.8) is 0 Å². The molecule has 0 aromatic heterocycles. The molecule has 5 nitrogen and oxygen atoms in total. The van der Waals surface area contributed by atoms with E-state index in [1.165, 1.54) is 5.56 Å². The Morgan fingerprint density at radius 2 is 1.96 bits per heavy atom. The van der Waals surface area contributed by atoms with Gasteiger partial charge in [0, 0.05) is 37.2 Å². The Morgan fingerprint density at radius 1 is 1.19 bits per heavy atom. The van der Waals surface area contributed by atoms with Gasteiger partial charge in [0.1, 0.15) is 5.75 Å². The van der Waals surface area contributed by atoms with Gasteiger partial charge < -0.3 is 15.0 Å². The lowest BCUT2D eigenvalue weighted by Gasteiger charge is -2.34. The molecule has 2 amide bonds. The topological polar surface area (TPSA) is 44.8 Å². The number of urea groups is 1. The first kappa shape index (κ1) is 19.0. The molecule has 0 spiro atoms. The number of nitrogens with zero attached hydrogens (tertiary/aromatic N) is 2. The van der Waals surface area contributed by atoms with E-state index in [0.29, 0.717) is 23.8 Å². The van der Waals surface area contributed by atoms with Gasteiger partial charge in [-0.25, -0.2) is 4.79 Å². The van der Waals surface area contributed by atoms with Crippen LogP contribution in [-0.4, -0.2) is 49.1 Å². The summed E-state index contributed by atoms with van der Waals surface area (Å²) in [6.07, 6.45) is 0. The number of ether oxygens (including phenoxy) is 1. The van der Waals surface area contributed by atoms with E-state index < -0.39 is 0 Å².